The number of alkyl halides is 3. The number of nitrogens with one attached hydrogen (secondary N) is 3. The summed E-state index contributed by atoms with van der Waals surface area (Å²) in [7, 11) is -4.06. The summed E-state index contributed by atoms with van der Waals surface area (Å²) < 4.78 is 73.0. The van der Waals surface area contributed by atoms with Crippen molar-refractivity contribution in [3.63, 3.8) is 0 Å². The number of carbonyl (C=O) groups excluding carboxylic acids is 4. The molecule has 19 heteroatoms. The fraction of sp³-hybridized carbons (Fsp3) is 0.711. The quantitative estimate of drug-likeness (QED) is 0.238. The van der Waals surface area contributed by atoms with Crippen LogP contribution in [-0.4, -0.2) is 106 Å². The third kappa shape index (κ3) is 8.87. The van der Waals surface area contributed by atoms with Gasteiger partial charge in [-0.05, 0) is 116 Å². The molecule has 0 aromatic heterocycles. The zero-order chi connectivity index (χ0) is 42.7. The molecule has 2 saturated carbocycles. The molecular weight excluding hydrogens is 795 g/mol. The number of ether oxygens (including phenoxy) is 1. The van der Waals surface area contributed by atoms with Gasteiger partial charge >= 0.3 is 18.4 Å². The third-order valence-electron chi connectivity index (χ3n) is 12.2. The Morgan fingerprint density at radius 1 is 1.09 bits per heavy atom. The molecule has 0 radical (unpaired) electrons. The summed E-state index contributed by atoms with van der Waals surface area (Å²) in [6.07, 6.45) is 0.467. The van der Waals surface area contributed by atoms with Crippen molar-refractivity contribution in [1.29, 1.82) is 0 Å². The summed E-state index contributed by atoms with van der Waals surface area (Å²) in [6.45, 7) is 9.69. The Kier molecular flexibility index (Phi) is 12.1. The molecule has 7 atom stereocenters. The van der Waals surface area contributed by atoms with Crippen molar-refractivity contribution in [3.05, 3.63) is 34.5 Å². The fourth-order valence-corrected chi connectivity index (χ4v) is 9.85. The maximum atomic E-state index is 14.4. The molecule has 0 unspecified atom stereocenters. The number of hydrogen-bond acceptors (Lipinski definition) is 9. The number of Topliss-reactive ketones (excluding diaryl/α,β-unsaturated/α-hetero) is 1. The maximum absolute atomic E-state index is 14.4. The van der Waals surface area contributed by atoms with Gasteiger partial charge in [-0.1, -0.05) is 37.6 Å². The molecule has 14 nitrogen and oxygen atoms in total. The first-order valence-electron chi connectivity index (χ1n) is 19.2. The number of carboxylic acid groups (broad SMARTS) is 1. The summed E-state index contributed by atoms with van der Waals surface area (Å²) >= 11 is 6.67. The second-order valence-corrected chi connectivity index (χ2v) is 20.1. The average molecular weight is 848 g/mol. The Morgan fingerprint density at radius 2 is 1.72 bits per heavy atom. The van der Waals surface area contributed by atoms with E-state index in [-0.39, 0.29) is 35.9 Å². The van der Waals surface area contributed by atoms with Crippen LogP contribution in [-0.2, 0) is 29.1 Å². The Balaban J connectivity index is 1.50. The van der Waals surface area contributed by atoms with Crippen LogP contribution in [0.25, 0.3) is 0 Å². The number of amides is 4. The van der Waals surface area contributed by atoms with Crippen molar-refractivity contribution in [2.45, 2.75) is 140 Å². The second-order valence-electron chi connectivity index (χ2n) is 17.4. The van der Waals surface area contributed by atoms with E-state index in [1.54, 1.807) is 4.90 Å². The highest BCUT2D eigenvalue weighted by Crippen LogP contribution is 2.48. The van der Waals surface area contributed by atoms with Crippen molar-refractivity contribution < 1.29 is 55.4 Å². The third-order valence-corrected chi connectivity index (χ3v) is 14.7. The van der Waals surface area contributed by atoms with E-state index >= 15 is 0 Å². The van der Waals surface area contributed by atoms with Crippen molar-refractivity contribution in [1.82, 2.24) is 25.2 Å². The summed E-state index contributed by atoms with van der Waals surface area (Å²) in [4.78, 5) is 70.9. The van der Waals surface area contributed by atoms with Gasteiger partial charge in [0.2, 0.25) is 21.5 Å². The van der Waals surface area contributed by atoms with Gasteiger partial charge in [-0.15, -0.1) is 0 Å². The highest BCUT2D eigenvalue weighted by atomic mass is 35.5. The Hall–Kier alpha value is -3.64. The SMILES string of the molecule is CC1=CC(Cl)=C(N(C(=O)O)[C@@H]2C[C@H]3C(=O)N[C@]4(C(=O)NS(=O)(=O)C5(C)CC5)C[C@H]4/C=C\CC[C@@H](C)C[C@@H](C)CCN3C2)[C@](C)(NC(=O)OC(C)(C)C(F)(F)F)C1=O. The molecule has 4 N–H and O–H groups in total. The van der Waals surface area contributed by atoms with Crippen molar-refractivity contribution in [2.75, 3.05) is 13.1 Å². The lowest BCUT2D eigenvalue weighted by atomic mass is 9.82. The van der Waals surface area contributed by atoms with Crippen molar-refractivity contribution >= 4 is 51.4 Å². The lowest BCUT2D eigenvalue weighted by molar-refractivity contribution is -0.244. The van der Waals surface area contributed by atoms with E-state index in [9.17, 15) is 50.7 Å². The van der Waals surface area contributed by atoms with Gasteiger partial charge < -0.3 is 20.5 Å². The molecule has 57 heavy (non-hydrogen) atoms. The minimum absolute atomic E-state index is 0.0250. The van der Waals surface area contributed by atoms with Gasteiger partial charge in [0.25, 0.3) is 5.91 Å². The van der Waals surface area contributed by atoms with Crippen LogP contribution in [0.3, 0.4) is 0 Å². The minimum Gasteiger partial charge on any atom is -0.465 e. The number of ketones is 1. The van der Waals surface area contributed by atoms with Crippen molar-refractivity contribution in [2.24, 2.45) is 17.8 Å². The molecule has 5 rings (SSSR count). The zero-order valence-corrected chi connectivity index (χ0v) is 34.8. The maximum Gasteiger partial charge on any atom is 0.427 e. The number of alkyl carbamates (subject to hydrolysis) is 1. The van der Waals surface area contributed by atoms with E-state index in [0.717, 1.165) is 31.1 Å². The van der Waals surface area contributed by atoms with Gasteiger partial charge in [-0.3, -0.25) is 28.9 Å². The van der Waals surface area contributed by atoms with E-state index in [1.807, 2.05) is 12.2 Å². The predicted octanol–water partition coefficient (Wildman–Crippen LogP) is 5.49. The van der Waals surface area contributed by atoms with E-state index in [1.165, 1.54) is 19.9 Å². The molecule has 0 aromatic carbocycles. The van der Waals surface area contributed by atoms with Crippen LogP contribution in [0.5, 0.6) is 0 Å². The van der Waals surface area contributed by atoms with Crippen LogP contribution in [0.15, 0.2) is 34.5 Å². The molecule has 2 aliphatic heterocycles. The van der Waals surface area contributed by atoms with Crippen LogP contribution < -0.4 is 15.4 Å². The Morgan fingerprint density at radius 3 is 2.32 bits per heavy atom. The minimum atomic E-state index is -4.99. The molecule has 318 valence electrons. The number of rotatable bonds is 7. The summed E-state index contributed by atoms with van der Waals surface area (Å²) in [5.74, 6) is -2.34. The highest BCUT2D eigenvalue weighted by molar-refractivity contribution is 7.91. The van der Waals surface area contributed by atoms with Crippen LogP contribution in [0, 0.1) is 17.8 Å². The molecule has 1 saturated heterocycles. The number of halogens is 4. The van der Waals surface area contributed by atoms with Gasteiger partial charge in [0, 0.05) is 12.5 Å². The topological polar surface area (TPSA) is 192 Å². The second kappa shape index (κ2) is 15.5. The van der Waals surface area contributed by atoms with E-state index < -0.39 is 91.1 Å². The monoisotopic (exact) mass is 847 g/mol. The molecule has 0 bridgehead atoms. The zero-order valence-electron chi connectivity index (χ0n) is 33.2. The molecule has 4 amide bonds. The number of sulfonamides is 1. The molecular formula is C38H53ClF3N5O9S. The fourth-order valence-electron chi connectivity index (χ4n) is 8.09. The van der Waals surface area contributed by atoms with E-state index in [4.69, 9.17) is 11.6 Å². The molecule has 5 aliphatic rings. The van der Waals surface area contributed by atoms with Gasteiger partial charge in [-0.2, -0.15) is 13.2 Å². The highest BCUT2D eigenvalue weighted by Gasteiger charge is 2.63. The number of allylic oxidation sites excluding steroid dienone is 3. The van der Waals surface area contributed by atoms with Crippen LogP contribution in [0.2, 0.25) is 0 Å². The lowest BCUT2D eigenvalue weighted by Gasteiger charge is -2.42. The smallest absolute Gasteiger partial charge is 0.427 e. The first kappa shape index (κ1) is 44.5. The molecule has 2 heterocycles. The first-order chi connectivity index (χ1) is 26.2. The largest absolute Gasteiger partial charge is 0.465 e. The average Bonchev–Trinajstić information content (AvgIpc) is 3.95. The molecule has 0 spiro atoms. The van der Waals surface area contributed by atoms with E-state index in [0.29, 0.717) is 45.6 Å². The normalized spacial score (nSPS) is 33.0. The van der Waals surface area contributed by atoms with Crippen LogP contribution >= 0.6 is 11.6 Å². The number of hydrogen-bond donors (Lipinski definition) is 4. The van der Waals surface area contributed by atoms with Gasteiger partial charge in [0.05, 0.1) is 27.6 Å². The predicted molar refractivity (Wildman–Crippen MR) is 203 cm³/mol. The number of carbonyl (C=O) groups is 5. The molecule has 3 fully saturated rings. The summed E-state index contributed by atoms with van der Waals surface area (Å²) in [5, 5.41) is 15.5. The summed E-state index contributed by atoms with van der Waals surface area (Å²) in [6, 6.07) is -2.15. The van der Waals surface area contributed by atoms with Gasteiger partial charge in [0.15, 0.2) is 5.78 Å². The van der Waals surface area contributed by atoms with E-state index in [2.05, 4.69) is 33.9 Å². The van der Waals surface area contributed by atoms with Crippen LogP contribution in [0.4, 0.5) is 22.8 Å². The Bertz CT molecular complexity index is 1900. The van der Waals surface area contributed by atoms with Gasteiger partial charge in [-0.25, -0.2) is 18.0 Å². The molecule has 0 aromatic rings. The Labute approximate surface area is 336 Å². The van der Waals surface area contributed by atoms with Crippen molar-refractivity contribution in [3.8, 4) is 0 Å². The first-order valence-corrected chi connectivity index (χ1v) is 21.1. The number of nitrogens with zero attached hydrogens (tertiary/aromatic N) is 2. The number of fused-ring (bicyclic) bond motifs is 2. The summed E-state index contributed by atoms with van der Waals surface area (Å²) in [5.41, 5.74) is -7.38. The standard InChI is InChI=1S/C38H53ClF3N5O9S/c1-21-10-8-9-11-24-19-37(24,31(50)45-57(54,55)35(6)13-14-35)43-30(49)27-18-25(20-46(27)15-12-22(2)16-21)47(33(52)53)28-26(39)17-23(3)29(48)36(28,7)44-32(51)56-34(4,5)38(40,41)42/h9,11,17,21-22,24-25,27H,8,10,12-16,18-20H2,1-7H3,(H,43,49)(H,44,51)(H,45,50)(H,52,53)/b11-9-/t21-,22+,24-,25-,27+,36+,37-/m1/s1. The lowest BCUT2D eigenvalue weighted by Crippen LogP contribution is -2.62. The molecule has 3 aliphatic carbocycles. The van der Waals surface area contributed by atoms with Gasteiger partial charge in [0.1, 0.15) is 11.1 Å². The van der Waals surface area contributed by atoms with Crippen LogP contribution in [0.1, 0.15) is 99.8 Å².